The number of unbranched alkanes of at least 4 members (excludes halogenated alkanes) is 33. The molecule has 0 aliphatic carbocycles. The Bertz CT molecular complexity index is 993. The molecule has 0 aromatic heterocycles. The van der Waals surface area contributed by atoms with Crippen molar-refractivity contribution in [2.24, 2.45) is 17.8 Å². The predicted molar refractivity (Wildman–Crippen MR) is 275 cm³/mol. The topological polar surface area (TPSA) is 78.9 Å². The van der Waals surface area contributed by atoms with Crippen LogP contribution in [0.1, 0.15) is 318 Å². The monoisotopic (exact) mass is 905 g/mol. The van der Waals surface area contributed by atoms with Crippen LogP contribution < -0.4 is 0 Å². The quantitative estimate of drug-likeness (QED) is 0.0344. The van der Waals surface area contributed by atoms with Gasteiger partial charge in [0.25, 0.3) is 0 Å². The van der Waals surface area contributed by atoms with Gasteiger partial charge in [-0.25, -0.2) is 0 Å². The van der Waals surface area contributed by atoms with Gasteiger partial charge < -0.3 is 14.2 Å². The number of esters is 3. The van der Waals surface area contributed by atoms with Gasteiger partial charge in [-0.15, -0.1) is 0 Å². The summed E-state index contributed by atoms with van der Waals surface area (Å²) in [6.45, 7) is 13.8. The van der Waals surface area contributed by atoms with E-state index in [0.717, 1.165) is 75.5 Å². The molecule has 0 bridgehead atoms. The van der Waals surface area contributed by atoms with Crippen LogP contribution in [0, 0.1) is 17.8 Å². The van der Waals surface area contributed by atoms with Crippen LogP contribution in [0.2, 0.25) is 0 Å². The molecule has 0 rings (SSSR count). The molecule has 0 spiro atoms. The van der Waals surface area contributed by atoms with E-state index < -0.39 is 6.10 Å². The van der Waals surface area contributed by atoms with Crippen molar-refractivity contribution >= 4 is 17.9 Å². The van der Waals surface area contributed by atoms with Crippen LogP contribution in [-0.4, -0.2) is 37.2 Å². The Kier molecular flexibility index (Phi) is 48.1. The molecule has 64 heavy (non-hydrogen) atoms. The van der Waals surface area contributed by atoms with Crippen molar-refractivity contribution in [3.05, 3.63) is 0 Å². The van der Waals surface area contributed by atoms with Crippen LogP contribution in [0.4, 0.5) is 0 Å². The van der Waals surface area contributed by atoms with Gasteiger partial charge in [0.2, 0.25) is 0 Å². The zero-order valence-corrected chi connectivity index (χ0v) is 44.1. The number of carbonyl (C=O) groups excluding carboxylic acids is 3. The molecule has 0 saturated carbocycles. The minimum Gasteiger partial charge on any atom is -0.462 e. The number of carbonyl (C=O) groups is 3. The van der Waals surface area contributed by atoms with Crippen molar-refractivity contribution < 1.29 is 28.6 Å². The van der Waals surface area contributed by atoms with Crippen molar-refractivity contribution in [1.29, 1.82) is 0 Å². The van der Waals surface area contributed by atoms with Gasteiger partial charge in [0.05, 0.1) is 0 Å². The molecular weight excluding hydrogens is 793 g/mol. The average Bonchev–Trinajstić information content (AvgIpc) is 3.27. The molecule has 0 aliphatic heterocycles. The number of ether oxygens (including phenoxy) is 3. The third-order valence-corrected chi connectivity index (χ3v) is 13.5. The van der Waals surface area contributed by atoms with Crippen LogP contribution in [0.15, 0.2) is 0 Å². The molecule has 0 aromatic carbocycles. The van der Waals surface area contributed by atoms with Crippen molar-refractivity contribution in [3.63, 3.8) is 0 Å². The van der Waals surface area contributed by atoms with Gasteiger partial charge in [-0.05, 0) is 37.0 Å². The summed E-state index contributed by atoms with van der Waals surface area (Å²) in [5.41, 5.74) is 0. The Balaban J connectivity index is 4.28. The highest BCUT2D eigenvalue weighted by Gasteiger charge is 2.19. The molecule has 0 fully saturated rings. The fourth-order valence-corrected chi connectivity index (χ4v) is 8.79. The van der Waals surface area contributed by atoms with E-state index in [-0.39, 0.29) is 31.1 Å². The minimum absolute atomic E-state index is 0.0638. The van der Waals surface area contributed by atoms with E-state index in [2.05, 4.69) is 41.5 Å². The van der Waals surface area contributed by atoms with Crippen LogP contribution in [0.25, 0.3) is 0 Å². The van der Waals surface area contributed by atoms with Gasteiger partial charge in [0.15, 0.2) is 6.10 Å². The molecular formula is C58H112O6. The molecule has 0 radical (unpaired) electrons. The second-order valence-electron chi connectivity index (χ2n) is 21.1. The first kappa shape index (κ1) is 62.4. The summed E-state index contributed by atoms with van der Waals surface area (Å²) in [5, 5.41) is 0. The summed E-state index contributed by atoms with van der Waals surface area (Å²) in [7, 11) is 0. The summed E-state index contributed by atoms with van der Waals surface area (Å²) in [5.74, 6) is 1.69. The number of hydrogen-bond donors (Lipinski definition) is 0. The largest absolute Gasteiger partial charge is 0.462 e. The second-order valence-corrected chi connectivity index (χ2v) is 21.1. The summed E-state index contributed by atoms with van der Waals surface area (Å²) in [6, 6.07) is 0. The van der Waals surface area contributed by atoms with Crippen molar-refractivity contribution in [2.45, 2.75) is 324 Å². The first-order valence-electron chi connectivity index (χ1n) is 28.6. The Morgan fingerprint density at radius 3 is 0.812 bits per heavy atom. The summed E-state index contributed by atoms with van der Waals surface area (Å²) in [4.78, 5) is 38.1. The van der Waals surface area contributed by atoms with Crippen molar-refractivity contribution in [3.8, 4) is 0 Å². The van der Waals surface area contributed by atoms with Gasteiger partial charge in [-0.2, -0.15) is 0 Å². The normalized spacial score (nSPS) is 12.6. The molecule has 380 valence electrons. The van der Waals surface area contributed by atoms with Gasteiger partial charge >= 0.3 is 17.9 Å². The molecule has 0 heterocycles. The summed E-state index contributed by atoms with van der Waals surface area (Å²) >= 11 is 0. The van der Waals surface area contributed by atoms with Gasteiger partial charge in [0, 0.05) is 19.3 Å². The Hall–Kier alpha value is -1.59. The van der Waals surface area contributed by atoms with Crippen LogP contribution >= 0.6 is 0 Å². The third-order valence-electron chi connectivity index (χ3n) is 13.5. The molecule has 0 aromatic rings. The molecule has 2 atom stereocenters. The maximum absolute atomic E-state index is 12.8. The molecule has 0 aliphatic rings. The van der Waals surface area contributed by atoms with Crippen molar-refractivity contribution in [1.82, 2.24) is 0 Å². The maximum Gasteiger partial charge on any atom is 0.306 e. The van der Waals surface area contributed by atoms with Crippen LogP contribution in [0.3, 0.4) is 0 Å². The molecule has 1 unspecified atom stereocenters. The standard InChI is InChI=1S/C58H112O6/c1-7-54(6)46-40-34-28-22-17-19-25-31-37-43-49-58(61)64-55(51-63-57(60)48-42-36-30-24-18-16-21-27-33-39-45-53(4)5)50-62-56(59)47-41-35-29-23-15-13-11-9-8-10-12-14-20-26-32-38-44-52(2)3/h52-55H,7-51H2,1-6H3/t54?,55-/m0/s1. The third kappa shape index (κ3) is 49.8. The van der Waals surface area contributed by atoms with E-state index in [9.17, 15) is 14.4 Å². The molecule has 6 nitrogen and oxygen atoms in total. The van der Waals surface area contributed by atoms with E-state index in [1.165, 1.54) is 199 Å². The van der Waals surface area contributed by atoms with E-state index >= 15 is 0 Å². The zero-order chi connectivity index (χ0) is 47.0. The number of rotatable bonds is 51. The Labute approximate surface area is 399 Å². The fourth-order valence-electron chi connectivity index (χ4n) is 8.79. The Morgan fingerprint density at radius 2 is 0.547 bits per heavy atom. The van der Waals surface area contributed by atoms with E-state index in [4.69, 9.17) is 14.2 Å². The maximum atomic E-state index is 12.8. The van der Waals surface area contributed by atoms with E-state index in [1.54, 1.807) is 0 Å². The molecule has 0 amide bonds. The van der Waals surface area contributed by atoms with Crippen molar-refractivity contribution in [2.75, 3.05) is 13.2 Å². The second kappa shape index (κ2) is 49.3. The lowest BCUT2D eigenvalue weighted by Crippen LogP contribution is -2.30. The van der Waals surface area contributed by atoms with Crippen LogP contribution in [-0.2, 0) is 28.6 Å². The number of hydrogen-bond acceptors (Lipinski definition) is 6. The smallest absolute Gasteiger partial charge is 0.306 e. The van der Waals surface area contributed by atoms with Crippen LogP contribution in [0.5, 0.6) is 0 Å². The highest BCUT2D eigenvalue weighted by molar-refractivity contribution is 5.71. The van der Waals surface area contributed by atoms with Gasteiger partial charge in [-0.1, -0.05) is 279 Å². The van der Waals surface area contributed by atoms with Gasteiger partial charge in [0.1, 0.15) is 13.2 Å². The lowest BCUT2D eigenvalue weighted by molar-refractivity contribution is -0.167. The predicted octanol–water partition coefficient (Wildman–Crippen LogP) is 18.7. The van der Waals surface area contributed by atoms with Gasteiger partial charge in [-0.3, -0.25) is 14.4 Å². The lowest BCUT2D eigenvalue weighted by atomic mass is 9.99. The van der Waals surface area contributed by atoms with E-state index in [0.29, 0.717) is 19.3 Å². The average molecular weight is 906 g/mol. The molecule has 0 N–H and O–H groups in total. The summed E-state index contributed by atoms with van der Waals surface area (Å²) in [6.07, 6.45) is 50.9. The Morgan fingerprint density at radius 1 is 0.312 bits per heavy atom. The molecule has 0 saturated heterocycles. The zero-order valence-electron chi connectivity index (χ0n) is 44.1. The highest BCUT2D eigenvalue weighted by Crippen LogP contribution is 2.19. The fraction of sp³-hybridized carbons (Fsp3) is 0.948. The SMILES string of the molecule is CCC(C)CCCCCCCCCCCCC(=O)O[C@@H](COC(=O)CCCCCCCCCCCCCCCCCCC(C)C)COC(=O)CCCCCCCCCCCCC(C)C. The molecule has 6 heteroatoms. The minimum atomic E-state index is -0.764. The van der Waals surface area contributed by atoms with E-state index in [1.807, 2.05) is 0 Å². The first-order chi connectivity index (χ1) is 31.1. The lowest BCUT2D eigenvalue weighted by Gasteiger charge is -2.18. The highest BCUT2D eigenvalue weighted by atomic mass is 16.6. The first-order valence-corrected chi connectivity index (χ1v) is 28.6. The summed E-state index contributed by atoms with van der Waals surface area (Å²) < 4.78 is 16.9.